The number of nitrogens with two attached hydrogens (primary N) is 1. The Morgan fingerprint density at radius 1 is 1.32 bits per heavy atom. The molecule has 1 aromatic rings. The van der Waals surface area contributed by atoms with Crippen LogP contribution < -0.4 is 10.6 Å². The molecular weight excluding hydrogens is 234 g/mol. The number of nitrogens with zero attached hydrogens (tertiary/aromatic N) is 2. The second kappa shape index (κ2) is 5.14. The van der Waals surface area contributed by atoms with E-state index in [4.69, 9.17) is 5.73 Å². The molecule has 0 spiro atoms. The van der Waals surface area contributed by atoms with E-state index in [1.807, 2.05) is 0 Å². The van der Waals surface area contributed by atoms with Gasteiger partial charge in [-0.1, -0.05) is 18.2 Å². The van der Waals surface area contributed by atoms with E-state index in [-0.39, 0.29) is 0 Å². The molecule has 1 saturated heterocycles. The third-order valence-corrected chi connectivity index (χ3v) is 4.80. The maximum Gasteiger partial charge on any atom is 0.0444 e. The summed E-state index contributed by atoms with van der Waals surface area (Å²) in [5, 5.41) is 0. The van der Waals surface area contributed by atoms with Crippen molar-refractivity contribution in [1.29, 1.82) is 0 Å². The quantitative estimate of drug-likeness (QED) is 0.882. The van der Waals surface area contributed by atoms with Crippen LogP contribution in [0.3, 0.4) is 0 Å². The van der Waals surface area contributed by atoms with Crippen molar-refractivity contribution in [3.8, 4) is 0 Å². The van der Waals surface area contributed by atoms with E-state index in [0.29, 0.717) is 12.0 Å². The Kier molecular flexibility index (Phi) is 3.50. The maximum absolute atomic E-state index is 5.86. The van der Waals surface area contributed by atoms with Gasteiger partial charge in [-0.3, -0.25) is 4.90 Å². The molecule has 104 valence electrons. The second-order valence-corrected chi connectivity index (χ2v) is 6.17. The Morgan fingerprint density at radius 2 is 2.16 bits per heavy atom. The van der Waals surface area contributed by atoms with Gasteiger partial charge in [-0.05, 0) is 49.9 Å². The standard InChI is InChI=1S/C16H25N3/c1-18-8-4-6-13-5-3-7-14(16(13)18)15-9-12(10-17)11-19(15)2/h3,5,7,12,15H,4,6,8-11,17H2,1-2H3. The number of benzene rings is 1. The van der Waals surface area contributed by atoms with Crippen LogP contribution in [0.25, 0.3) is 0 Å². The number of rotatable bonds is 2. The number of hydrogen-bond donors (Lipinski definition) is 1. The topological polar surface area (TPSA) is 32.5 Å². The summed E-state index contributed by atoms with van der Waals surface area (Å²) >= 11 is 0. The van der Waals surface area contributed by atoms with Gasteiger partial charge in [0.05, 0.1) is 0 Å². The number of fused-ring (bicyclic) bond motifs is 1. The normalized spacial score (nSPS) is 27.6. The van der Waals surface area contributed by atoms with Gasteiger partial charge in [-0.2, -0.15) is 0 Å². The van der Waals surface area contributed by atoms with Crippen LogP contribution in [0.2, 0.25) is 0 Å². The second-order valence-electron chi connectivity index (χ2n) is 6.17. The lowest BCUT2D eigenvalue weighted by atomic mass is 9.92. The van der Waals surface area contributed by atoms with Crippen molar-refractivity contribution in [3.63, 3.8) is 0 Å². The predicted molar refractivity (Wildman–Crippen MR) is 80.6 cm³/mol. The first-order chi connectivity index (χ1) is 9.20. The van der Waals surface area contributed by atoms with Gasteiger partial charge in [0.2, 0.25) is 0 Å². The lowest BCUT2D eigenvalue weighted by molar-refractivity contribution is 0.313. The van der Waals surface area contributed by atoms with E-state index in [0.717, 1.165) is 13.1 Å². The molecule has 1 fully saturated rings. The Balaban J connectivity index is 1.97. The summed E-state index contributed by atoms with van der Waals surface area (Å²) in [6.07, 6.45) is 3.71. The third kappa shape index (κ3) is 2.26. The SMILES string of the molecule is CN1CCCc2cccc(C3CC(CN)CN3C)c21. The third-order valence-electron chi connectivity index (χ3n) is 4.80. The summed E-state index contributed by atoms with van der Waals surface area (Å²) in [4.78, 5) is 4.92. The molecule has 2 aliphatic heterocycles. The fraction of sp³-hybridized carbons (Fsp3) is 0.625. The van der Waals surface area contributed by atoms with Gasteiger partial charge in [0.25, 0.3) is 0 Å². The fourth-order valence-corrected chi connectivity index (χ4v) is 3.81. The molecule has 0 aliphatic carbocycles. The number of likely N-dealkylation sites (tertiary alicyclic amines) is 1. The number of aryl methyl sites for hydroxylation is 1. The van der Waals surface area contributed by atoms with Gasteiger partial charge >= 0.3 is 0 Å². The van der Waals surface area contributed by atoms with Crippen molar-refractivity contribution in [3.05, 3.63) is 29.3 Å². The molecule has 2 heterocycles. The number of hydrogen-bond acceptors (Lipinski definition) is 3. The zero-order valence-corrected chi connectivity index (χ0v) is 12.1. The van der Waals surface area contributed by atoms with Crippen LogP contribution in [0, 0.1) is 5.92 Å². The molecular formula is C16H25N3. The van der Waals surface area contributed by atoms with Gasteiger partial charge in [0.1, 0.15) is 0 Å². The zero-order valence-electron chi connectivity index (χ0n) is 12.1. The highest BCUT2D eigenvalue weighted by atomic mass is 15.2. The molecule has 3 heteroatoms. The van der Waals surface area contributed by atoms with Crippen LogP contribution >= 0.6 is 0 Å². The first-order valence-corrected chi connectivity index (χ1v) is 7.44. The largest absolute Gasteiger partial charge is 0.374 e. The maximum atomic E-state index is 5.86. The summed E-state index contributed by atoms with van der Waals surface area (Å²) < 4.78 is 0. The van der Waals surface area contributed by atoms with E-state index >= 15 is 0 Å². The van der Waals surface area contributed by atoms with E-state index in [2.05, 4.69) is 42.1 Å². The average molecular weight is 259 g/mol. The number of para-hydroxylation sites is 1. The van der Waals surface area contributed by atoms with Crippen molar-refractivity contribution in [2.75, 3.05) is 38.6 Å². The van der Waals surface area contributed by atoms with Crippen molar-refractivity contribution in [1.82, 2.24) is 4.90 Å². The molecule has 3 rings (SSSR count). The highest BCUT2D eigenvalue weighted by Gasteiger charge is 2.32. The monoisotopic (exact) mass is 259 g/mol. The lowest BCUT2D eigenvalue weighted by Crippen LogP contribution is -2.28. The Morgan fingerprint density at radius 3 is 2.89 bits per heavy atom. The van der Waals surface area contributed by atoms with E-state index in [1.165, 1.54) is 42.6 Å². The molecule has 0 saturated carbocycles. The molecule has 19 heavy (non-hydrogen) atoms. The van der Waals surface area contributed by atoms with E-state index in [1.54, 1.807) is 0 Å². The Bertz CT molecular complexity index is 457. The molecule has 3 nitrogen and oxygen atoms in total. The summed E-state index contributed by atoms with van der Waals surface area (Å²) in [6.45, 7) is 3.13. The minimum absolute atomic E-state index is 0.545. The van der Waals surface area contributed by atoms with Crippen LogP contribution in [0.5, 0.6) is 0 Å². The van der Waals surface area contributed by atoms with Crippen molar-refractivity contribution in [2.24, 2.45) is 11.7 Å². The molecule has 0 amide bonds. The average Bonchev–Trinajstić information content (AvgIpc) is 2.80. The minimum atomic E-state index is 0.545. The Hall–Kier alpha value is -1.06. The van der Waals surface area contributed by atoms with Gasteiger partial charge in [0.15, 0.2) is 0 Å². The molecule has 0 radical (unpaired) electrons. The van der Waals surface area contributed by atoms with Gasteiger partial charge < -0.3 is 10.6 Å². The number of anilines is 1. The molecule has 2 aliphatic rings. The first-order valence-electron chi connectivity index (χ1n) is 7.44. The molecule has 0 bridgehead atoms. The predicted octanol–water partition coefficient (Wildman–Crippen LogP) is 2.02. The summed E-state index contributed by atoms with van der Waals surface area (Å²) in [6, 6.07) is 7.39. The van der Waals surface area contributed by atoms with Crippen LogP contribution in [-0.4, -0.2) is 38.6 Å². The van der Waals surface area contributed by atoms with Crippen molar-refractivity contribution in [2.45, 2.75) is 25.3 Å². The molecule has 2 unspecified atom stereocenters. The van der Waals surface area contributed by atoms with Crippen molar-refractivity contribution >= 4 is 5.69 Å². The van der Waals surface area contributed by atoms with E-state index in [9.17, 15) is 0 Å². The van der Waals surface area contributed by atoms with Gasteiger partial charge in [-0.15, -0.1) is 0 Å². The minimum Gasteiger partial charge on any atom is -0.374 e. The smallest absolute Gasteiger partial charge is 0.0444 e. The lowest BCUT2D eigenvalue weighted by Gasteiger charge is -2.33. The summed E-state index contributed by atoms with van der Waals surface area (Å²) in [5.74, 6) is 0.653. The van der Waals surface area contributed by atoms with Gasteiger partial charge in [-0.25, -0.2) is 0 Å². The Labute approximate surface area is 116 Å². The molecule has 2 N–H and O–H groups in total. The summed E-state index contributed by atoms with van der Waals surface area (Å²) in [5.41, 5.74) is 10.4. The van der Waals surface area contributed by atoms with E-state index < -0.39 is 0 Å². The molecule has 1 aromatic carbocycles. The highest BCUT2D eigenvalue weighted by Crippen LogP contribution is 2.41. The van der Waals surface area contributed by atoms with Gasteiger partial charge in [0, 0.05) is 31.9 Å². The zero-order chi connectivity index (χ0) is 13.4. The molecule has 2 atom stereocenters. The van der Waals surface area contributed by atoms with Crippen LogP contribution in [0.1, 0.15) is 30.0 Å². The summed E-state index contributed by atoms with van der Waals surface area (Å²) in [7, 11) is 4.47. The fourth-order valence-electron chi connectivity index (χ4n) is 3.81. The first kappa shape index (κ1) is 12.9. The van der Waals surface area contributed by atoms with Crippen molar-refractivity contribution < 1.29 is 0 Å². The van der Waals surface area contributed by atoms with Crippen LogP contribution in [0.15, 0.2) is 18.2 Å². The van der Waals surface area contributed by atoms with Crippen LogP contribution in [-0.2, 0) is 6.42 Å². The van der Waals surface area contributed by atoms with Crippen LogP contribution in [0.4, 0.5) is 5.69 Å². The highest BCUT2D eigenvalue weighted by molar-refractivity contribution is 5.62. The molecule has 0 aromatic heterocycles.